The third-order valence-electron chi connectivity index (χ3n) is 2.85. The Balaban J connectivity index is 2.28. The van der Waals surface area contributed by atoms with Crippen molar-refractivity contribution in [1.82, 2.24) is 5.32 Å². The minimum Gasteiger partial charge on any atom is -0.464 e. The van der Waals surface area contributed by atoms with E-state index in [0.717, 1.165) is 28.7 Å². The number of halogens is 1. The lowest BCUT2D eigenvalue weighted by Crippen LogP contribution is -2.31. The van der Waals surface area contributed by atoms with Gasteiger partial charge in [-0.3, -0.25) is 0 Å². The summed E-state index contributed by atoms with van der Waals surface area (Å²) in [6, 6.07) is 7.38. The zero-order valence-electron chi connectivity index (χ0n) is 9.87. The normalized spacial score (nSPS) is 12.8. The van der Waals surface area contributed by atoms with E-state index in [0.29, 0.717) is 0 Å². The van der Waals surface area contributed by atoms with Gasteiger partial charge in [-0.05, 0) is 29.8 Å². The molecule has 2 aromatic rings. The predicted molar refractivity (Wildman–Crippen MR) is 68.7 cm³/mol. The van der Waals surface area contributed by atoms with Gasteiger partial charge < -0.3 is 9.73 Å². The van der Waals surface area contributed by atoms with Crippen molar-refractivity contribution >= 4 is 16.5 Å². The maximum absolute atomic E-state index is 12.9. The number of furan rings is 1. The van der Waals surface area contributed by atoms with E-state index in [4.69, 9.17) is 4.42 Å². The van der Waals surface area contributed by atoms with Gasteiger partial charge in [-0.25, -0.2) is 4.39 Å². The third-order valence-corrected chi connectivity index (χ3v) is 2.85. The van der Waals surface area contributed by atoms with Crippen LogP contribution in [0, 0.1) is 0 Å². The Morgan fingerprint density at radius 2 is 2.29 bits per heavy atom. The maximum atomic E-state index is 12.9. The van der Waals surface area contributed by atoms with E-state index in [1.807, 2.05) is 31.2 Å². The molecule has 0 saturated heterocycles. The maximum Gasteiger partial charge on any atom is 0.134 e. The van der Waals surface area contributed by atoms with E-state index in [1.54, 1.807) is 6.26 Å². The van der Waals surface area contributed by atoms with Crippen molar-refractivity contribution in [2.45, 2.75) is 13.0 Å². The van der Waals surface area contributed by atoms with Crippen LogP contribution >= 0.6 is 0 Å². The Hall–Kier alpha value is -1.61. The van der Waals surface area contributed by atoms with Gasteiger partial charge in [0.1, 0.15) is 12.3 Å². The van der Waals surface area contributed by atoms with Crippen LogP contribution in [-0.2, 0) is 0 Å². The molecule has 0 amide bonds. The van der Waals surface area contributed by atoms with E-state index in [-0.39, 0.29) is 6.04 Å². The SMILES string of the molecule is C=C(c1ccc2ccoc2c1)C(CF)NCC. The van der Waals surface area contributed by atoms with Crippen LogP contribution in [0.4, 0.5) is 4.39 Å². The number of benzene rings is 1. The molecular formula is C14H16FNO. The lowest BCUT2D eigenvalue weighted by atomic mass is 10.00. The molecule has 2 rings (SSSR count). The molecule has 1 N–H and O–H groups in total. The van der Waals surface area contributed by atoms with E-state index in [2.05, 4.69) is 11.9 Å². The Labute approximate surface area is 100 Å². The molecule has 0 aliphatic rings. The van der Waals surface area contributed by atoms with Crippen molar-refractivity contribution in [3.05, 3.63) is 42.7 Å². The molecule has 0 aliphatic heterocycles. The molecule has 3 heteroatoms. The summed E-state index contributed by atoms with van der Waals surface area (Å²) in [7, 11) is 0. The lowest BCUT2D eigenvalue weighted by Gasteiger charge is -2.17. The van der Waals surface area contributed by atoms with E-state index >= 15 is 0 Å². The molecular weight excluding hydrogens is 217 g/mol. The van der Waals surface area contributed by atoms with Crippen LogP contribution in [0.2, 0.25) is 0 Å². The van der Waals surface area contributed by atoms with Gasteiger partial charge in [0.15, 0.2) is 0 Å². The van der Waals surface area contributed by atoms with Gasteiger partial charge in [-0.2, -0.15) is 0 Å². The van der Waals surface area contributed by atoms with Crippen molar-refractivity contribution < 1.29 is 8.81 Å². The summed E-state index contributed by atoms with van der Waals surface area (Å²) in [5.41, 5.74) is 2.47. The molecule has 0 aliphatic carbocycles. The van der Waals surface area contributed by atoms with Crippen LogP contribution in [0.15, 0.2) is 41.5 Å². The highest BCUT2D eigenvalue weighted by atomic mass is 19.1. The van der Waals surface area contributed by atoms with Gasteiger partial charge in [0.05, 0.1) is 12.3 Å². The minimum absolute atomic E-state index is 0.326. The van der Waals surface area contributed by atoms with Gasteiger partial charge in [0, 0.05) is 5.39 Å². The number of hydrogen-bond acceptors (Lipinski definition) is 2. The van der Waals surface area contributed by atoms with Gasteiger partial charge in [0.2, 0.25) is 0 Å². The van der Waals surface area contributed by atoms with Gasteiger partial charge in [-0.1, -0.05) is 25.6 Å². The summed E-state index contributed by atoms with van der Waals surface area (Å²) in [4.78, 5) is 0. The first kappa shape index (κ1) is 11.9. The number of hydrogen-bond donors (Lipinski definition) is 1. The zero-order valence-corrected chi connectivity index (χ0v) is 9.87. The third kappa shape index (κ3) is 2.39. The zero-order chi connectivity index (χ0) is 12.3. The molecule has 2 nitrogen and oxygen atoms in total. The molecule has 0 bridgehead atoms. The van der Waals surface area contributed by atoms with Gasteiger partial charge >= 0.3 is 0 Å². The highest BCUT2D eigenvalue weighted by molar-refractivity contribution is 5.82. The molecule has 0 spiro atoms. The topological polar surface area (TPSA) is 25.2 Å². The molecule has 0 radical (unpaired) electrons. The van der Waals surface area contributed by atoms with Crippen LogP contribution in [-0.4, -0.2) is 19.3 Å². The first-order chi connectivity index (χ1) is 8.26. The Bertz CT molecular complexity index is 518. The fourth-order valence-corrected chi connectivity index (χ4v) is 1.87. The minimum atomic E-state index is -0.455. The molecule has 1 atom stereocenters. The average Bonchev–Trinajstić information content (AvgIpc) is 2.82. The second kappa shape index (κ2) is 5.15. The van der Waals surface area contributed by atoms with Gasteiger partial charge in [-0.15, -0.1) is 0 Å². The highest BCUT2D eigenvalue weighted by Crippen LogP contribution is 2.23. The molecule has 1 unspecified atom stereocenters. The van der Waals surface area contributed by atoms with Crippen LogP contribution in [0.3, 0.4) is 0 Å². The molecule has 0 saturated carbocycles. The first-order valence-electron chi connectivity index (χ1n) is 5.72. The van der Waals surface area contributed by atoms with Crippen molar-refractivity contribution in [3.8, 4) is 0 Å². The van der Waals surface area contributed by atoms with E-state index in [9.17, 15) is 4.39 Å². The predicted octanol–water partition coefficient (Wildman–Crippen LogP) is 3.39. The standard InChI is InChI=1S/C14H16FNO/c1-3-16-13(9-15)10(2)12-5-4-11-6-7-17-14(11)8-12/h4-8,13,16H,2-3,9H2,1H3. The lowest BCUT2D eigenvalue weighted by molar-refractivity contribution is 0.429. The summed E-state index contributed by atoms with van der Waals surface area (Å²) in [5, 5.41) is 4.11. The number of fused-ring (bicyclic) bond motifs is 1. The molecule has 17 heavy (non-hydrogen) atoms. The van der Waals surface area contributed by atoms with Crippen LogP contribution < -0.4 is 5.32 Å². The number of rotatable bonds is 5. The average molecular weight is 233 g/mol. The van der Waals surface area contributed by atoms with Crippen LogP contribution in [0.25, 0.3) is 16.5 Å². The molecule has 0 fully saturated rings. The smallest absolute Gasteiger partial charge is 0.134 e. The van der Waals surface area contributed by atoms with Gasteiger partial charge in [0.25, 0.3) is 0 Å². The highest BCUT2D eigenvalue weighted by Gasteiger charge is 2.13. The summed E-state index contributed by atoms with van der Waals surface area (Å²) in [5.74, 6) is 0. The van der Waals surface area contributed by atoms with Crippen molar-refractivity contribution in [1.29, 1.82) is 0 Å². The number of alkyl halides is 1. The second-order valence-corrected chi connectivity index (χ2v) is 3.96. The first-order valence-corrected chi connectivity index (χ1v) is 5.72. The fraction of sp³-hybridized carbons (Fsp3) is 0.286. The second-order valence-electron chi connectivity index (χ2n) is 3.96. The Kier molecular flexibility index (Phi) is 3.59. The van der Waals surface area contributed by atoms with Crippen LogP contribution in [0.5, 0.6) is 0 Å². The summed E-state index contributed by atoms with van der Waals surface area (Å²) in [6.45, 7) is 6.18. The summed E-state index contributed by atoms with van der Waals surface area (Å²) < 4.78 is 18.2. The summed E-state index contributed by atoms with van der Waals surface area (Å²) in [6.07, 6.45) is 1.65. The number of likely N-dealkylation sites (N-methyl/N-ethyl adjacent to an activating group) is 1. The van der Waals surface area contributed by atoms with Crippen LogP contribution in [0.1, 0.15) is 12.5 Å². The number of nitrogens with one attached hydrogen (secondary N) is 1. The molecule has 1 heterocycles. The van der Waals surface area contributed by atoms with Crippen molar-refractivity contribution in [2.75, 3.05) is 13.2 Å². The summed E-state index contributed by atoms with van der Waals surface area (Å²) >= 11 is 0. The Morgan fingerprint density at radius 1 is 1.47 bits per heavy atom. The monoisotopic (exact) mass is 233 g/mol. The fourth-order valence-electron chi connectivity index (χ4n) is 1.87. The largest absolute Gasteiger partial charge is 0.464 e. The Morgan fingerprint density at radius 3 is 3.00 bits per heavy atom. The molecule has 1 aromatic heterocycles. The molecule has 1 aromatic carbocycles. The van der Waals surface area contributed by atoms with Crippen molar-refractivity contribution in [2.24, 2.45) is 0 Å². The van der Waals surface area contributed by atoms with E-state index < -0.39 is 6.67 Å². The molecule has 90 valence electrons. The quantitative estimate of drug-likeness (QED) is 0.856. The van der Waals surface area contributed by atoms with E-state index in [1.165, 1.54) is 0 Å². The van der Waals surface area contributed by atoms with Crippen molar-refractivity contribution in [3.63, 3.8) is 0 Å².